The summed E-state index contributed by atoms with van der Waals surface area (Å²) in [4.78, 5) is 11.3. The highest BCUT2D eigenvalue weighted by atomic mass is 32.2. The van der Waals surface area contributed by atoms with Gasteiger partial charge in [0.25, 0.3) is 0 Å². The Morgan fingerprint density at radius 2 is 2.28 bits per heavy atom. The van der Waals surface area contributed by atoms with Gasteiger partial charge >= 0.3 is 5.97 Å². The molecule has 1 unspecified atom stereocenters. The van der Waals surface area contributed by atoms with E-state index in [4.69, 9.17) is 5.73 Å². The largest absolute Gasteiger partial charge is 0.465 e. The summed E-state index contributed by atoms with van der Waals surface area (Å²) in [6, 6.07) is 5.16. The van der Waals surface area contributed by atoms with Crippen molar-refractivity contribution in [1.29, 1.82) is 0 Å². The highest BCUT2D eigenvalue weighted by Gasteiger charge is 2.08. The van der Waals surface area contributed by atoms with Crippen LogP contribution in [-0.2, 0) is 4.74 Å². The van der Waals surface area contributed by atoms with Crippen molar-refractivity contribution in [3.63, 3.8) is 0 Å². The van der Waals surface area contributed by atoms with E-state index in [1.165, 1.54) is 7.11 Å². The van der Waals surface area contributed by atoms with Crippen LogP contribution in [-0.4, -0.2) is 31.6 Å². The Balaban J connectivity index is 2.65. The average molecular weight is 268 g/mol. The van der Waals surface area contributed by atoms with E-state index in [2.05, 4.69) is 23.2 Å². The van der Waals surface area contributed by atoms with Gasteiger partial charge in [0, 0.05) is 6.54 Å². The van der Waals surface area contributed by atoms with Gasteiger partial charge in [0.15, 0.2) is 0 Å². The van der Waals surface area contributed by atoms with Crippen LogP contribution in [0.4, 0.5) is 11.4 Å². The van der Waals surface area contributed by atoms with Gasteiger partial charge in [-0.05, 0) is 36.1 Å². The van der Waals surface area contributed by atoms with Crippen molar-refractivity contribution in [2.45, 2.75) is 6.92 Å². The van der Waals surface area contributed by atoms with Gasteiger partial charge in [-0.2, -0.15) is 11.8 Å². The highest BCUT2D eigenvalue weighted by Crippen LogP contribution is 2.21. The quantitative estimate of drug-likeness (QED) is 0.613. The van der Waals surface area contributed by atoms with Crippen LogP contribution in [0.5, 0.6) is 0 Å². The second kappa shape index (κ2) is 7.16. The standard InChI is InChI=1S/C13H20N2O2S/c1-9(8-18-3)7-15-12-5-4-10(6-11(12)14)13(16)17-2/h4-6,9,15H,7-8,14H2,1-3H3. The first kappa shape index (κ1) is 14.7. The van der Waals surface area contributed by atoms with Gasteiger partial charge in [0.05, 0.1) is 24.0 Å². The lowest BCUT2D eigenvalue weighted by Crippen LogP contribution is -2.14. The summed E-state index contributed by atoms with van der Waals surface area (Å²) in [6.07, 6.45) is 2.09. The summed E-state index contributed by atoms with van der Waals surface area (Å²) in [5, 5.41) is 3.29. The van der Waals surface area contributed by atoms with Gasteiger partial charge in [-0.3, -0.25) is 0 Å². The predicted molar refractivity (Wildman–Crippen MR) is 78.2 cm³/mol. The summed E-state index contributed by atoms with van der Waals surface area (Å²) in [5.41, 5.74) is 7.79. The molecule has 0 aliphatic rings. The molecule has 0 spiro atoms. The first-order valence-electron chi connectivity index (χ1n) is 5.79. The Morgan fingerprint density at radius 3 is 2.83 bits per heavy atom. The van der Waals surface area contributed by atoms with E-state index in [1.54, 1.807) is 12.1 Å². The van der Waals surface area contributed by atoms with E-state index >= 15 is 0 Å². The fraction of sp³-hybridized carbons (Fsp3) is 0.462. The second-order valence-electron chi connectivity index (χ2n) is 4.24. The molecule has 0 aliphatic heterocycles. The first-order valence-corrected chi connectivity index (χ1v) is 7.18. The van der Waals surface area contributed by atoms with Crippen LogP contribution >= 0.6 is 11.8 Å². The molecule has 0 aromatic heterocycles. The number of ether oxygens (including phenoxy) is 1. The molecule has 1 aromatic carbocycles. The molecule has 0 saturated carbocycles. The lowest BCUT2D eigenvalue weighted by Gasteiger charge is -2.14. The zero-order chi connectivity index (χ0) is 13.5. The number of nitrogens with two attached hydrogens (primary N) is 1. The molecule has 100 valence electrons. The maximum atomic E-state index is 11.3. The molecule has 5 heteroatoms. The molecule has 3 N–H and O–H groups in total. The number of hydrogen-bond acceptors (Lipinski definition) is 5. The monoisotopic (exact) mass is 268 g/mol. The van der Waals surface area contributed by atoms with Gasteiger partial charge in [0.2, 0.25) is 0 Å². The molecular formula is C13H20N2O2S. The predicted octanol–water partition coefficient (Wildman–Crippen LogP) is 2.47. The second-order valence-corrected chi connectivity index (χ2v) is 5.15. The number of esters is 1. The van der Waals surface area contributed by atoms with Crippen molar-refractivity contribution in [1.82, 2.24) is 0 Å². The summed E-state index contributed by atoms with van der Waals surface area (Å²) in [5.74, 6) is 1.30. The van der Waals surface area contributed by atoms with Crippen molar-refractivity contribution in [2.75, 3.05) is 36.7 Å². The van der Waals surface area contributed by atoms with Crippen molar-refractivity contribution < 1.29 is 9.53 Å². The number of rotatable bonds is 6. The molecule has 1 rings (SSSR count). The Hall–Kier alpha value is -1.36. The van der Waals surface area contributed by atoms with E-state index in [1.807, 2.05) is 17.8 Å². The number of carbonyl (C=O) groups excluding carboxylic acids is 1. The topological polar surface area (TPSA) is 64.3 Å². The first-order chi connectivity index (χ1) is 8.58. The number of carbonyl (C=O) groups is 1. The minimum absolute atomic E-state index is 0.371. The third kappa shape index (κ3) is 4.14. The van der Waals surface area contributed by atoms with Crippen LogP contribution in [0.2, 0.25) is 0 Å². The highest BCUT2D eigenvalue weighted by molar-refractivity contribution is 7.98. The maximum Gasteiger partial charge on any atom is 0.337 e. The van der Waals surface area contributed by atoms with Crippen LogP contribution in [0.15, 0.2) is 18.2 Å². The maximum absolute atomic E-state index is 11.3. The van der Waals surface area contributed by atoms with Crippen LogP contribution < -0.4 is 11.1 Å². The molecule has 0 saturated heterocycles. The summed E-state index contributed by atoms with van der Waals surface area (Å²) in [7, 11) is 1.36. The van der Waals surface area contributed by atoms with Crippen LogP contribution in [0.25, 0.3) is 0 Å². The SMILES string of the molecule is COC(=O)c1ccc(NCC(C)CSC)c(N)c1. The van der Waals surface area contributed by atoms with E-state index < -0.39 is 0 Å². The molecule has 0 heterocycles. The fourth-order valence-corrected chi connectivity index (χ4v) is 2.28. The zero-order valence-electron chi connectivity index (χ0n) is 11.0. The number of hydrogen-bond donors (Lipinski definition) is 2. The van der Waals surface area contributed by atoms with E-state index in [0.717, 1.165) is 18.0 Å². The number of benzene rings is 1. The Labute approximate surface area is 112 Å². The molecule has 0 aliphatic carbocycles. The van der Waals surface area contributed by atoms with Crippen molar-refractivity contribution >= 4 is 29.1 Å². The molecular weight excluding hydrogens is 248 g/mol. The number of methoxy groups -OCH3 is 1. The smallest absolute Gasteiger partial charge is 0.337 e. The van der Waals surface area contributed by atoms with Crippen molar-refractivity contribution in [3.8, 4) is 0 Å². The number of nitrogens with one attached hydrogen (secondary N) is 1. The molecule has 18 heavy (non-hydrogen) atoms. The minimum atomic E-state index is -0.371. The van der Waals surface area contributed by atoms with E-state index in [0.29, 0.717) is 17.2 Å². The third-order valence-corrected chi connectivity index (χ3v) is 3.47. The Bertz CT molecular complexity index is 410. The van der Waals surface area contributed by atoms with E-state index in [9.17, 15) is 4.79 Å². The third-order valence-electron chi connectivity index (χ3n) is 2.56. The fourth-order valence-electron chi connectivity index (χ4n) is 1.60. The van der Waals surface area contributed by atoms with Crippen molar-refractivity contribution in [2.24, 2.45) is 5.92 Å². The van der Waals surface area contributed by atoms with Gasteiger partial charge in [-0.1, -0.05) is 6.92 Å². The van der Waals surface area contributed by atoms with E-state index in [-0.39, 0.29) is 5.97 Å². The zero-order valence-corrected chi connectivity index (χ0v) is 11.8. The Morgan fingerprint density at radius 1 is 1.56 bits per heavy atom. The van der Waals surface area contributed by atoms with Crippen LogP contribution in [0.1, 0.15) is 17.3 Å². The lowest BCUT2D eigenvalue weighted by atomic mass is 10.1. The summed E-state index contributed by atoms with van der Waals surface area (Å²) in [6.45, 7) is 3.05. The molecule has 0 radical (unpaired) electrons. The minimum Gasteiger partial charge on any atom is -0.465 e. The van der Waals surface area contributed by atoms with Gasteiger partial charge in [-0.15, -0.1) is 0 Å². The normalized spacial score (nSPS) is 11.9. The number of anilines is 2. The van der Waals surface area contributed by atoms with Crippen LogP contribution in [0, 0.1) is 5.92 Å². The molecule has 0 bridgehead atoms. The molecule has 1 aromatic rings. The number of nitrogen functional groups attached to an aromatic ring is 1. The summed E-state index contributed by atoms with van der Waals surface area (Å²) < 4.78 is 4.64. The molecule has 1 atom stereocenters. The molecule has 0 amide bonds. The lowest BCUT2D eigenvalue weighted by molar-refractivity contribution is 0.0601. The van der Waals surface area contributed by atoms with Gasteiger partial charge in [-0.25, -0.2) is 4.79 Å². The summed E-state index contributed by atoms with van der Waals surface area (Å²) >= 11 is 1.83. The van der Waals surface area contributed by atoms with Gasteiger partial charge < -0.3 is 15.8 Å². The molecule has 4 nitrogen and oxygen atoms in total. The molecule has 0 fully saturated rings. The van der Waals surface area contributed by atoms with Gasteiger partial charge in [0.1, 0.15) is 0 Å². The van der Waals surface area contributed by atoms with Crippen molar-refractivity contribution in [3.05, 3.63) is 23.8 Å². The van der Waals surface area contributed by atoms with Crippen LogP contribution in [0.3, 0.4) is 0 Å². The average Bonchev–Trinajstić information content (AvgIpc) is 2.36. The number of thioether (sulfide) groups is 1. The Kier molecular flexibility index (Phi) is 5.85.